The van der Waals surface area contributed by atoms with Crippen LogP contribution in [0, 0.1) is 0 Å². The molecule has 0 saturated heterocycles. The van der Waals surface area contributed by atoms with Crippen molar-refractivity contribution >= 4 is 17.7 Å². The minimum absolute atomic E-state index is 0.511. The number of amides is 2. The first kappa shape index (κ1) is 13.8. The maximum atomic E-state index is 11.3. The number of carboxylic acid groups (broad SMARTS) is 1. The maximum absolute atomic E-state index is 11.3. The van der Waals surface area contributed by atoms with Gasteiger partial charge in [0.1, 0.15) is 5.75 Å². The van der Waals surface area contributed by atoms with Crippen LogP contribution in [0.1, 0.15) is 6.92 Å². The second kappa shape index (κ2) is 7.13. The molecule has 0 aliphatic heterocycles. The topological polar surface area (TPSA) is 96.9 Å². The number of hydrogen-bond acceptors (Lipinski definition) is 4. The molecule has 98 valence electrons. The highest BCUT2D eigenvalue weighted by Crippen LogP contribution is 2.16. The van der Waals surface area contributed by atoms with Crippen molar-refractivity contribution in [1.29, 1.82) is 0 Å². The molecule has 0 aromatic heterocycles. The summed E-state index contributed by atoms with van der Waals surface area (Å²) < 4.78 is 5.26. The second-order valence-corrected chi connectivity index (χ2v) is 3.20. The van der Waals surface area contributed by atoms with Crippen molar-refractivity contribution in [3.8, 4) is 5.75 Å². The van der Waals surface area contributed by atoms with Crippen LogP contribution < -0.4 is 15.5 Å². The largest absolute Gasteiger partial charge is 0.494 e. The van der Waals surface area contributed by atoms with E-state index in [1.807, 2.05) is 12.4 Å². The highest BCUT2D eigenvalue weighted by atomic mass is 16.7. The third-order valence-corrected chi connectivity index (χ3v) is 1.76. The number of hydrogen-bond donors (Lipinski definition) is 3. The minimum atomic E-state index is -1.17. The predicted molar refractivity (Wildman–Crippen MR) is 63.4 cm³/mol. The van der Waals surface area contributed by atoms with Crippen LogP contribution in [-0.4, -0.2) is 30.3 Å². The van der Waals surface area contributed by atoms with Crippen LogP contribution in [0.15, 0.2) is 24.3 Å². The zero-order valence-electron chi connectivity index (χ0n) is 9.80. The Bertz CT molecular complexity index is 422. The normalized spacial score (nSPS) is 9.61. The van der Waals surface area contributed by atoms with Crippen LogP contribution in [-0.2, 0) is 9.63 Å². The number of aliphatic carboxylic acids is 1. The molecule has 0 spiro atoms. The molecule has 1 aromatic carbocycles. The van der Waals surface area contributed by atoms with Crippen LogP contribution in [0.3, 0.4) is 0 Å². The Morgan fingerprint density at radius 3 is 2.83 bits per heavy atom. The van der Waals surface area contributed by atoms with Gasteiger partial charge < -0.3 is 15.2 Å². The quantitative estimate of drug-likeness (QED) is 0.663. The Morgan fingerprint density at radius 1 is 1.39 bits per heavy atom. The molecule has 1 rings (SSSR count). The van der Waals surface area contributed by atoms with Gasteiger partial charge in [-0.25, -0.2) is 15.1 Å². The standard InChI is InChI=1S/C11H14N2O5/c1-2-17-9-5-3-4-8(6-9)12-11(16)13-18-7-10(14)15/h3-6H,2,7H2,1H3,(H,14,15)(H2,12,13,16). The van der Waals surface area contributed by atoms with E-state index in [2.05, 4.69) is 10.2 Å². The van der Waals surface area contributed by atoms with E-state index in [1.165, 1.54) is 0 Å². The van der Waals surface area contributed by atoms with Gasteiger partial charge >= 0.3 is 12.0 Å². The average Bonchev–Trinajstić information content (AvgIpc) is 2.29. The van der Waals surface area contributed by atoms with Gasteiger partial charge in [0.2, 0.25) is 0 Å². The summed E-state index contributed by atoms with van der Waals surface area (Å²) in [6, 6.07) is 6.12. The van der Waals surface area contributed by atoms with E-state index >= 15 is 0 Å². The van der Waals surface area contributed by atoms with Gasteiger partial charge in [0, 0.05) is 11.8 Å². The van der Waals surface area contributed by atoms with Crippen LogP contribution in [0.5, 0.6) is 5.75 Å². The fraction of sp³-hybridized carbons (Fsp3) is 0.273. The molecule has 0 bridgehead atoms. The van der Waals surface area contributed by atoms with Gasteiger partial charge in [0.05, 0.1) is 6.61 Å². The summed E-state index contributed by atoms with van der Waals surface area (Å²) >= 11 is 0. The van der Waals surface area contributed by atoms with Gasteiger partial charge in [-0.3, -0.25) is 4.84 Å². The summed E-state index contributed by atoms with van der Waals surface area (Å²) in [5.41, 5.74) is 2.45. The Hall–Kier alpha value is -2.28. The van der Waals surface area contributed by atoms with E-state index < -0.39 is 18.6 Å². The molecule has 0 heterocycles. The van der Waals surface area contributed by atoms with E-state index in [-0.39, 0.29) is 0 Å². The number of nitrogens with one attached hydrogen (secondary N) is 2. The van der Waals surface area contributed by atoms with Gasteiger partial charge in [0.15, 0.2) is 6.61 Å². The molecule has 0 atom stereocenters. The lowest BCUT2D eigenvalue weighted by Crippen LogP contribution is -2.30. The molecular weight excluding hydrogens is 240 g/mol. The number of carbonyl (C=O) groups excluding carboxylic acids is 1. The van der Waals surface area contributed by atoms with Crippen molar-refractivity contribution in [1.82, 2.24) is 5.48 Å². The Kier molecular flexibility index (Phi) is 5.46. The first-order valence-electron chi connectivity index (χ1n) is 5.25. The van der Waals surface area contributed by atoms with E-state index in [0.29, 0.717) is 18.0 Å². The highest BCUT2D eigenvalue weighted by Gasteiger charge is 2.04. The number of benzene rings is 1. The molecule has 0 unspecified atom stereocenters. The molecule has 0 radical (unpaired) electrons. The number of rotatable bonds is 6. The fourth-order valence-electron chi connectivity index (χ4n) is 1.15. The number of anilines is 1. The average molecular weight is 254 g/mol. The molecular formula is C11H14N2O5. The molecule has 7 nitrogen and oxygen atoms in total. The molecule has 0 fully saturated rings. The zero-order valence-corrected chi connectivity index (χ0v) is 9.80. The van der Waals surface area contributed by atoms with Gasteiger partial charge in [-0.2, -0.15) is 0 Å². The van der Waals surface area contributed by atoms with E-state index in [0.717, 1.165) is 0 Å². The van der Waals surface area contributed by atoms with Crippen LogP contribution in [0.25, 0.3) is 0 Å². The molecule has 0 aliphatic rings. The van der Waals surface area contributed by atoms with E-state index in [4.69, 9.17) is 9.84 Å². The number of urea groups is 1. The third-order valence-electron chi connectivity index (χ3n) is 1.76. The molecule has 2 amide bonds. The van der Waals surface area contributed by atoms with Crippen molar-refractivity contribution in [2.75, 3.05) is 18.5 Å². The predicted octanol–water partition coefficient (Wildman–Crippen LogP) is 1.22. The summed E-state index contributed by atoms with van der Waals surface area (Å²) in [5.74, 6) is -0.546. The lowest BCUT2D eigenvalue weighted by atomic mass is 10.3. The summed E-state index contributed by atoms with van der Waals surface area (Å²) in [4.78, 5) is 25.8. The smallest absolute Gasteiger partial charge is 0.343 e. The van der Waals surface area contributed by atoms with Crippen molar-refractivity contribution in [3.05, 3.63) is 24.3 Å². The third kappa shape index (κ3) is 5.17. The lowest BCUT2D eigenvalue weighted by Gasteiger charge is -2.08. The van der Waals surface area contributed by atoms with Gasteiger partial charge in [0.25, 0.3) is 0 Å². The summed E-state index contributed by atoms with van der Waals surface area (Å²) in [6.07, 6.45) is 0. The van der Waals surface area contributed by atoms with Crippen molar-refractivity contribution < 1.29 is 24.3 Å². The Balaban J connectivity index is 2.43. The van der Waals surface area contributed by atoms with Crippen LogP contribution in [0.4, 0.5) is 10.5 Å². The molecule has 7 heteroatoms. The first-order valence-corrected chi connectivity index (χ1v) is 5.25. The molecule has 3 N–H and O–H groups in total. The zero-order chi connectivity index (χ0) is 13.4. The van der Waals surface area contributed by atoms with E-state index in [1.54, 1.807) is 24.3 Å². The number of ether oxygens (including phenoxy) is 1. The fourth-order valence-corrected chi connectivity index (χ4v) is 1.15. The number of carbonyl (C=O) groups is 2. The van der Waals surface area contributed by atoms with Gasteiger partial charge in [-0.05, 0) is 19.1 Å². The molecule has 0 aliphatic carbocycles. The van der Waals surface area contributed by atoms with E-state index in [9.17, 15) is 9.59 Å². The summed E-state index contributed by atoms with van der Waals surface area (Å²) in [6.45, 7) is 1.77. The minimum Gasteiger partial charge on any atom is -0.494 e. The highest BCUT2D eigenvalue weighted by molar-refractivity contribution is 5.88. The summed E-state index contributed by atoms with van der Waals surface area (Å²) in [5, 5.41) is 10.8. The van der Waals surface area contributed by atoms with Crippen molar-refractivity contribution in [2.24, 2.45) is 0 Å². The lowest BCUT2D eigenvalue weighted by molar-refractivity contribution is -0.143. The first-order chi connectivity index (χ1) is 8.61. The molecule has 18 heavy (non-hydrogen) atoms. The maximum Gasteiger partial charge on any atom is 0.343 e. The molecule has 0 saturated carbocycles. The number of hydroxylamine groups is 1. The molecule has 1 aromatic rings. The van der Waals surface area contributed by atoms with Crippen LogP contribution >= 0.6 is 0 Å². The van der Waals surface area contributed by atoms with Crippen molar-refractivity contribution in [2.45, 2.75) is 6.92 Å². The Morgan fingerprint density at radius 2 is 2.17 bits per heavy atom. The SMILES string of the molecule is CCOc1cccc(NC(=O)NOCC(=O)O)c1. The Labute approximate surface area is 104 Å². The monoisotopic (exact) mass is 254 g/mol. The second-order valence-electron chi connectivity index (χ2n) is 3.20. The van der Waals surface area contributed by atoms with Gasteiger partial charge in [-0.15, -0.1) is 0 Å². The number of carboxylic acids is 1. The van der Waals surface area contributed by atoms with Crippen molar-refractivity contribution in [3.63, 3.8) is 0 Å². The van der Waals surface area contributed by atoms with Crippen LogP contribution in [0.2, 0.25) is 0 Å². The van der Waals surface area contributed by atoms with Gasteiger partial charge in [-0.1, -0.05) is 6.07 Å². The summed E-state index contributed by atoms with van der Waals surface area (Å²) in [7, 11) is 0.